The molecule has 2 nitrogen and oxygen atoms in total. The van der Waals surface area contributed by atoms with E-state index in [2.05, 4.69) is 147 Å². The third kappa shape index (κ3) is 6.58. The number of anilines is 2. The van der Waals surface area contributed by atoms with E-state index >= 15 is 0 Å². The van der Waals surface area contributed by atoms with E-state index in [1.807, 2.05) is 0 Å². The van der Waals surface area contributed by atoms with Gasteiger partial charge in [0.2, 0.25) is 0 Å². The van der Waals surface area contributed by atoms with Gasteiger partial charge in [-0.3, -0.25) is 0 Å². The Morgan fingerprint density at radius 3 is 1.32 bits per heavy atom. The summed E-state index contributed by atoms with van der Waals surface area (Å²) in [6, 6.07) is 5.48. The first-order valence-corrected chi connectivity index (χ1v) is 20.8. The van der Waals surface area contributed by atoms with Gasteiger partial charge in [0.05, 0.1) is 0 Å². The molecule has 0 bridgehead atoms. The summed E-state index contributed by atoms with van der Waals surface area (Å²) >= 11 is 9.29. The van der Waals surface area contributed by atoms with Gasteiger partial charge >= 0.3 is 41.9 Å². The van der Waals surface area contributed by atoms with Crippen LogP contribution in [0.15, 0.2) is 32.2 Å². The van der Waals surface area contributed by atoms with Crippen molar-refractivity contribution in [2.24, 2.45) is 0 Å². The van der Waals surface area contributed by atoms with Crippen LogP contribution in [0.4, 0.5) is 11.4 Å². The second-order valence-corrected chi connectivity index (χ2v) is 21.9. The summed E-state index contributed by atoms with van der Waals surface area (Å²) in [6.45, 7) is 17.8. The molecule has 0 radical (unpaired) electrons. The molecule has 2 unspecified atom stereocenters. The quantitative estimate of drug-likeness (QED) is 0.271. The van der Waals surface area contributed by atoms with Crippen LogP contribution in [0.1, 0.15) is 52.7 Å². The van der Waals surface area contributed by atoms with Crippen LogP contribution >= 0.6 is 31.9 Å². The van der Waals surface area contributed by atoms with Gasteiger partial charge in [0.25, 0.3) is 0 Å². The van der Waals surface area contributed by atoms with Crippen molar-refractivity contribution >= 4 is 84.1 Å². The summed E-state index contributed by atoms with van der Waals surface area (Å²) in [5, 5.41) is 5.15. The van der Waals surface area contributed by atoms with Gasteiger partial charge in [-0.2, -0.15) is 12.2 Å². The van der Waals surface area contributed by atoms with Gasteiger partial charge in [-0.1, -0.05) is 45.7 Å². The molecule has 0 amide bonds. The van der Waals surface area contributed by atoms with Crippen LogP contribution in [0, 0.1) is 0 Å². The Morgan fingerprint density at radius 1 is 0.725 bits per heavy atom. The maximum absolute atomic E-state index is 3.77. The molecule has 40 heavy (non-hydrogen) atoms. The average Bonchev–Trinajstić information content (AvgIpc) is 3.52. The zero-order valence-corrected chi connectivity index (χ0v) is 33.0. The number of hydrogen-bond acceptors (Lipinski definition) is 2. The van der Waals surface area contributed by atoms with Crippen molar-refractivity contribution in [3.63, 3.8) is 0 Å². The van der Waals surface area contributed by atoms with Crippen molar-refractivity contribution in [3.8, 4) is 0 Å². The van der Waals surface area contributed by atoms with Crippen molar-refractivity contribution in [1.82, 2.24) is 0 Å². The van der Waals surface area contributed by atoms with E-state index in [-0.39, 0.29) is 30.2 Å². The van der Waals surface area contributed by atoms with Crippen LogP contribution in [0.5, 0.6) is 0 Å². The van der Waals surface area contributed by atoms with Gasteiger partial charge in [0.1, 0.15) is 0 Å². The van der Waals surface area contributed by atoms with Crippen molar-refractivity contribution in [2.45, 2.75) is 66.7 Å². The van der Waals surface area contributed by atoms with E-state index < -0.39 is 0 Å². The van der Waals surface area contributed by atoms with Gasteiger partial charge < -0.3 is 34.6 Å². The number of fused-ring (bicyclic) bond motifs is 4. The van der Waals surface area contributed by atoms with E-state index in [0.29, 0.717) is 12.1 Å². The molecule has 4 aliphatic rings. The fourth-order valence-electron chi connectivity index (χ4n) is 5.45. The van der Waals surface area contributed by atoms with Gasteiger partial charge in [0.15, 0.2) is 0 Å². The minimum atomic E-state index is 0. The number of benzene rings is 2. The summed E-state index contributed by atoms with van der Waals surface area (Å²) in [7, 11) is 4.32. The van der Waals surface area contributed by atoms with Gasteiger partial charge in [-0.15, -0.1) is 57.0 Å². The predicted octanol–water partition coefficient (Wildman–Crippen LogP) is -0.143. The van der Waals surface area contributed by atoms with Gasteiger partial charge in [-0.05, 0) is 58.2 Å². The normalized spacial score (nSPS) is 18.8. The standard InChI is InChI=1S/2C15H15BrN.C2H6Si.2ClH.Zr/c2*1-8-5-11-7-13-14(15(16)12(11)6-8)9(2)10(3)17(13)4;1-3-2;;;/h2*6-7,10H,1-4H3;1-2H3;2*1H;/q2*-1;;;;+2/p-2. The topological polar surface area (TPSA) is 6.48 Å². The number of allylic oxidation sites excluding steroid dienone is 2. The Bertz CT molecular complexity index is 1570. The molecular weight excluding hydrogens is 762 g/mol. The fourth-order valence-corrected chi connectivity index (χ4v) is 7.13. The molecule has 2 atom stereocenters. The second-order valence-electron chi connectivity index (χ2n) is 10.9. The van der Waals surface area contributed by atoms with Gasteiger partial charge in [-0.25, -0.2) is 0 Å². The third-order valence-corrected chi connectivity index (χ3v) is 9.56. The minimum Gasteiger partial charge on any atom is -1.00 e. The maximum atomic E-state index is 3.77. The van der Waals surface area contributed by atoms with E-state index in [0.717, 1.165) is 0 Å². The van der Waals surface area contributed by atoms with Crippen molar-refractivity contribution in [2.75, 3.05) is 23.9 Å². The van der Waals surface area contributed by atoms with Crippen LogP contribution in [0.3, 0.4) is 0 Å². The number of hydrogen-bond donors (Lipinski definition) is 0. The van der Waals surface area contributed by atoms with Gasteiger partial charge in [0, 0.05) is 37.6 Å². The van der Waals surface area contributed by atoms with E-state index in [9.17, 15) is 0 Å². The Hall–Kier alpha value is -0.360. The largest absolute Gasteiger partial charge is 1.00 e. The predicted molar refractivity (Wildman–Crippen MR) is 172 cm³/mol. The zero-order chi connectivity index (χ0) is 28.2. The molecule has 0 saturated heterocycles. The van der Waals surface area contributed by atoms with E-state index in [1.54, 1.807) is 23.3 Å². The smallest absolute Gasteiger partial charge is 1.00 e. The molecule has 2 aliphatic heterocycles. The van der Waals surface area contributed by atoms with Crippen LogP contribution in [-0.4, -0.2) is 31.6 Å². The second kappa shape index (κ2) is 14.0. The summed E-state index contributed by atoms with van der Waals surface area (Å²) < 4.78 is 2.45. The third-order valence-electron chi connectivity index (χ3n) is 7.92. The minimum absolute atomic E-state index is 0. The maximum Gasteiger partial charge on any atom is -1.00 e. The molecular formula is C32H36Br2Cl2N2SiZr-2. The molecule has 212 valence electrons. The van der Waals surface area contributed by atoms with Crippen LogP contribution < -0.4 is 55.5 Å². The zero-order valence-electron chi connectivity index (χ0n) is 24.9. The average molecular weight is 799 g/mol. The molecule has 2 heterocycles. The molecule has 8 heteroatoms. The molecule has 2 aromatic carbocycles. The molecule has 0 fully saturated rings. The first-order chi connectivity index (χ1) is 17.7. The Balaban J connectivity index is 0.000000237. The van der Waals surface area contributed by atoms with Crippen LogP contribution in [0.25, 0.3) is 35.5 Å². The summed E-state index contributed by atoms with van der Waals surface area (Å²) in [5.74, 6) is 0. The molecule has 0 N–H and O–H groups in total. The number of rotatable bonds is 0. The Labute approximate surface area is 284 Å². The number of nitrogens with zero attached hydrogens (tertiary/aromatic N) is 2. The first-order valence-electron chi connectivity index (χ1n) is 13.0. The van der Waals surface area contributed by atoms with Crippen molar-refractivity contribution < 1.29 is 48.1 Å². The van der Waals surface area contributed by atoms with Crippen molar-refractivity contribution in [3.05, 3.63) is 64.2 Å². The molecule has 0 spiro atoms. The fraction of sp³-hybridized carbons (Fsp3) is 0.375. The summed E-state index contributed by atoms with van der Waals surface area (Å²) in [5.41, 5.74) is 10.7. The molecule has 0 aromatic heterocycles. The molecule has 2 aromatic rings. The van der Waals surface area contributed by atoms with E-state index in [4.69, 9.17) is 0 Å². The van der Waals surface area contributed by atoms with Crippen molar-refractivity contribution in [1.29, 1.82) is 0 Å². The Morgan fingerprint density at radius 2 is 1.02 bits per heavy atom. The van der Waals surface area contributed by atoms with E-state index in [1.165, 1.54) is 74.6 Å². The molecule has 2 aliphatic carbocycles. The monoisotopic (exact) mass is 794 g/mol. The Kier molecular flexibility index (Phi) is 12.5. The summed E-state index contributed by atoms with van der Waals surface area (Å²) in [4.78, 5) is 4.68. The number of halogens is 4. The molecule has 0 saturated carbocycles. The van der Waals surface area contributed by atoms with Crippen LogP contribution in [0.2, 0.25) is 13.1 Å². The summed E-state index contributed by atoms with van der Waals surface area (Å²) in [6.07, 6.45) is 11.2. The SMILES string of the molecule is CC1=Cc2c(Br)c3c(cc2=[C-]1)N(C)C(C)C=3C.CC1=Cc2c(Br)c3c(cc2=[C-]1)N(C)C(C)C=3C.C[Si](C)=[Zr+2].[Cl-].[Cl-]. The molecule has 6 rings (SSSR count). The van der Waals surface area contributed by atoms with Crippen LogP contribution in [-0.2, 0) is 23.3 Å². The first kappa shape index (κ1) is 35.8.